The van der Waals surface area contributed by atoms with Crippen molar-refractivity contribution in [3.05, 3.63) is 29.8 Å². The standard InChI is InChI=1S/C10H14N2O2S/c1-8-2-6-10(7-3-8)15(13,14)12(11)9-4-5-9/h2-3,6-7,9H,4-5,11H2,1H3. The molecule has 82 valence electrons. The zero-order chi connectivity index (χ0) is 11.1. The van der Waals surface area contributed by atoms with Crippen LogP contribution in [0.25, 0.3) is 0 Å². The molecule has 1 fully saturated rings. The molecule has 0 radical (unpaired) electrons. The SMILES string of the molecule is Cc1ccc(S(=O)(=O)N(N)C2CC2)cc1. The van der Waals surface area contributed by atoms with Gasteiger partial charge in [0, 0.05) is 6.04 Å². The van der Waals surface area contributed by atoms with Crippen molar-refractivity contribution in [2.24, 2.45) is 5.84 Å². The van der Waals surface area contributed by atoms with Gasteiger partial charge in [-0.1, -0.05) is 17.7 Å². The Morgan fingerprint density at radius 2 is 1.80 bits per heavy atom. The zero-order valence-electron chi connectivity index (χ0n) is 8.55. The first-order valence-corrected chi connectivity index (χ1v) is 6.31. The minimum absolute atomic E-state index is 0.00342. The van der Waals surface area contributed by atoms with E-state index >= 15 is 0 Å². The first kappa shape index (κ1) is 10.6. The lowest BCUT2D eigenvalue weighted by molar-refractivity contribution is 0.419. The van der Waals surface area contributed by atoms with Gasteiger partial charge in [0.1, 0.15) is 0 Å². The predicted octanol–water partition coefficient (Wildman–Crippen LogP) is 1.02. The molecule has 0 spiro atoms. The number of hydrazine groups is 1. The van der Waals surface area contributed by atoms with E-state index < -0.39 is 10.0 Å². The fourth-order valence-corrected chi connectivity index (χ4v) is 2.68. The molecule has 0 saturated heterocycles. The monoisotopic (exact) mass is 226 g/mol. The molecule has 1 aromatic rings. The molecule has 0 aromatic heterocycles. The second kappa shape index (κ2) is 3.59. The second-order valence-electron chi connectivity index (χ2n) is 3.88. The van der Waals surface area contributed by atoms with Crippen LogP contribution in [0.15, 0.2) is 29.2 Å². The number of benzene rings is 1. The van der Waals surface area contributed by atoms with Gasteiger partial charge in [0.15, 0.2) is 0 Å². The molecule has 0 unspecified atom stereocenters. The summed E-state index contributed by atoms with van der Waals surface area (Å²) < 4.78 is 24.8. The van der Waals surface area contributed by atoms with Gasteiger partial charge in [0.25, 0.3) is 10.0 Å². The molecular weight excluding hydrogens is 212 g/mol. The summed E-state index contributed by atoms with van der Waals surface area (Å²) in [7, 11) is -3.48. The highest BCUT2D eigenvalue weighted by Crippen LogP contribution is 2.28. The van der Waals surface area contributed by atoms with E-state index in [2.05, 4.69) is 0 Å². The quantitative estimate of drug-likeness (QED) is 0.618. The van der Waals surface area contributed by atoms with Gasteiger partial charge in [-0.15, -0.1) is 4.41 Å². The molecule has 0 aliphatic heterocycles. The molecule has 1 aromatic carbocycles. The van der Waals surface area contributed by atoms with Crippen LogP contribution in [0.2, 0.25) is 0 Å². The lowest BCUT2D eigenvalue weighted by atomic mass is 10.2. The predicted molar refractivity (Wildman–Crippen MR) is 57.4 cm³/mol. The third kappa shape index (κ3) is 2.04. The van der Waals surface area contributed by atoms with Crippen molar-refractivity contribution >= 4 is 10.0 Å². The number of sulfonamides is 1. The summed E-state index contributed by atoms with van der Waals surface area (Å²) >= 11 is 0. The lowest BCUT2D eigenvalue weighted by Crippen LogP contribution is -2.39. The second-order valence-corrected chi connectivity index (χ2v) is 5.72. The first-order valence-electron chi connectivity index (χ1n) is 4.87. The maximum absolute atomic E-state index is 11.9. The number of hydrogen-bond donors (Lipinski definition) is 1. The minimum Gasteiger partial charge on any atom is -0.254 e. The Morgan fingerprint density at radius 1 is 1.27 bits per heavy atom. The van der Waals surface area contributed by atoms with Gasteiger partial charge >= 0.3 is 0 Å². The molecule has 2 rings (SSSR count). The highest BCUT2D eigenvalue weighted by atomic mass is 32.2. The minimum atomic E-state index is -3.48. The van der Waals surface area contributed by atoms with Crippen LogP contribution in [0.3, 0.4) is 0 Å². The summed E-state index contributed by atoms with van der Waals surface area (Å²) in [5.41, 5.74) is 1.03. The van der Waals surface area contributed by atoms with Gasteiger partial charge in [-0.25, -0.2) is 8.42 Å². The molecule has 1 aliphatic rings. The smallest absolute Gasteiger partial charge is 0.254 e. The van der Waals surface area contributed by atoms with Crippen molar-refractivity contribution in [2.75, 3.05) is 0 Å². The molecule has 0 heterocycles. The summed E-state index contributed by atoms with van der Waals surface area (Å²) in [4.78, 5) is 0.266. The largest absolute Gasteiger partial charge is 0.255 e. The van der Waals surface area contributed by atoms with E-state index in [1.807, 2.05) is 6.92 Å². The Hall–Kier alpha value is -0.910. The number of nitrogens with zero attached hydrogens (tertiary/aromatic N) is 1. The van der Waals surface area contributed by atoms with E-state index in [1.54, 1.807) is 24.3 Å². The molecule has 2 N–H and O–H groups in total. The molecule has 1 saturated carbocycles. The summed E-state index contributed by atoms with van der Waals surface area (Å²) in [6, 6.07) is 6.72. The van der Waals surface area contributed by atoms with Gasteiger partial charge in [-0.05, 0) is 31.9 Å². The lowest BCUT2D eigenvalue weighted by Gasteiger charge is -2.15. The van der Waals surface area contributed by atoms with Crippen LogP contribution >= 0.6 is 0 Å². The third-order valence-corrected chi connectivity index (χ3v) is 4.22. The van der Waals surface area contributed by atoms with Crippen molar-refractivity contribution in [1.82, 2.24) is 4.41 Å². The summed E-state index contributed by atoms with van der Waals surface area (Å²) in [5.74, 6) is 5.57. The average Bonchev–Trinajstić information content (AvgIpc) is 3.00. The Bertz CT molecular complexity index is 449. The van der Waals surface area contributed by atoms with E-state index in [1.165, 1.54) is 0 Å². The first-order chi connectivity index (χ1) is 7.01. The van der Waals surface area contributed by atoms with Gasteiger partial charge in [0.2, 0.25) is 0 Å². The highest BCUT2D eigenvalue weighted by molar-refractivity contribution is 7.89. The van der Waals surface area contributed by atoms with E-state index in [9.17, 15) is 8.42 Å². The molecule has 0 atom stereocenters. The third-order valence-electron chi connectivity index (χ3n) is 2.50. The molecule has 0 amide bonds. The van der Waals surface area contributed by atoms with Gasteiger partial charge in [-0.2, -0.15) is 0 Å². The average molecular weight is 226 g/mol. The fourth-order valence-electron chi connectivity index (χ4n) is 1.36. The zero-order valence-corrected chi connectivity index (χ0v) is 9.37. The topological polar surface area (TPSA) is 63.4 Å². The van der Waals surface area contributed by atoms with Crippen LogP contribution < -0.4 is 5.84 Å². The van der Waals surface area contributed by atoms with Crippen LogP contribution in [0.5, 0.6) is 0 Å². The highest BCUT2D eigenvalue weighted by Gasteiger charge is 2.35. The summed E-state index contributed by atoms with van der Waals surface area (Å²) in [6.07, 6.45) is 1.73. The molecule has 4 nitrogen and oxygen atoms in total. The summed E-state index contributed by atoms with van der Waals surface area (Å²) in [5, 5.41) is 0. The molecule has 1 aliphatic carbocycles. The maximum atomic E-state index is 11.9. The normalized spacial score (nSPS) is 17.0. The number of aryl methyl sites for hydroxylation is 1. The van der Waals surface area contributed by atoms with Crippen molar-refractivity contribution in [3.63, 3.8) is 0 Å². The van der Waals surface area contributed by atoms with Crippen LogP contribution in [0, 0.1) is 6.92 Å². The maximum Gasteiger partial charge on any atom is 0.255 e. The van der Waals surface area contributed by atoms with Crippen LogP contribution in [0.1, 0.15) is 18.4 Å². The van der Waals surface area contributed by atoms with Gasteiger partial charge < -0.3 is 0 Å². The Balaban J connectivity index is 2.32. The van der Waals surface area contributed by atoms with Gasteiger partial charge in [0.05, 0.1) is 4.90 Å². The number of nitrogens with two attached hydrogens (primary N) is 1. The van der Waals surface area contributed by atoms with Crippen molar-refractivity contribution in [3.8, 4) is 0 Å². The van der Waals surface area contributed by atoms with E-state index in [4.69, 9.17) is 5.84 Å². The molecule has 0 bridgehead atoms. The van der Waals surface area contributed by atoms with Crippen molar-refractivity contribution in [2.45, 2.75) is 30.7 Å². The molecular formula is C10H14N2O2S. The van der Waals surface area contributed by atoms with Crippen LogP contribution in [-0.4, -0.2) is 18.9 Å². The van der Waals surface area contributed by atoms with E-state index in [0.29, 0.717) is 0 Å². The van der Waals surface area contributed by atoms with E-state index in [-0.39, 0.29) is 10.9 Å². The number of rotatable bonds is 3. The Labute approximate surface area is 89.7 Å². The van der Waals surface area contributed by atoms with Crippen molar-refractivity contribution in [1.29, 1.82) is 0 Å². The van der Waals surface area contributed by atoms with Crippen molar-refractivity contribution < 1.29 is 8.42 Å². The van der Waals surface area contributed by atoms with E-state index in [0.717, 1.165) is 22.8 Å². The fraction of sp³-hybridized carbons (Fsp3) is 0.400. The van der Waals surface area contributed by atoms with Crippen LogP contribution in [-0.2, 0) is 10.0 Å². The Morgan fingerprint density at radius 3 is 2.27 bits per heavy atom. The van der Waals surface area contributed by atoms with Crippen LogP contribution in [0.4, 0.5) is 0 Å². The Kier molecular flexibility index (Phi) is 2.54. The number of hydrogen-bond acceptors (Lipinski definition) is 3. The van der Waals surface area contributed by atoms with Gasteiger partial charge in [-0.3, -0.25) is 5.84 Å². The molecule has 15 heavy (non-hydrogen) atoms. The summed E-state index contributed by atoms with van der Waals surface area (Å²) in [6.45, 7) is 1.91. The molecule has 5 heteroatoms.